The molecule has 0 heterocycles. The highest BCUT2D eigenvalue weighted by atomic mass is 16.5. The molecule has 0 unspecified atom stereocenters. The Kier molecular flexibility index (Phi) is 6.05. The Morgan fingerprint density at radius 1 is 1.21 bits per heavy atom. The van der Waals surface area contributed by atoms with Crippen LogP contribution in [0.25, 0.3) is 0 Å². The average Bonchev–Trinajstić information content (AvgIpc) is 2.44. The number of nitrogens with zero attached hydrogens (tertiary/aromatic N) is 2. The third-order valence-corrected chi connectivity index (χ3v) is 2.20. The second-order valence-corrected chi connectivity index (χ2v) is 3.44. The molecule has 1 aromatic carbocycles. The van der Waals surface area contributed by atoms with Crippen LogP contribution in [0.3, 0.4) is 0 Å². The average molecular weight is 252 g/mol. The molecule has 0 amide bonds. The van der Waals surface area contributed by atoms with E-state index in [2.05, 4.69) is 16.1 Å². The molecule has 0 bridgehead atoms. The maximum Gasteiger partial charge on any atom is 0.292 e. The molecule has 0 radical (unpaired) electrons. The number of benzene rings is 1. The van der Waals surface area contributed by atoms with Crippen LogP contribution < -0.4 is 4.74 Å². The maximum absolute atomic E-state index is 8.35. The molecule has 0 saturated heterocycles. The summed E-state index contributed by atoms with van der Waals surface area (Å²) in [6, 6.07) is 7.22. The van der Waals surface area contributed by atoms with Crippen molar-refractivity contribution in [2.24, 2.45) is 0 Å². The van der Waals surface area contributed by atoms with Crippen LogP contribution in [0.2, 0.25) is 0 Å². The van der Waals surface area contributed by atoms with Crippen molar-refractivity contribution >= 4 is 0 Å². The SMILES string of the molecule is C=C/C(=C\C=C\Cc1ccc(OC#N)cc1)OC#N. The van der Waals surface area contributed by atoms with E-state index in [1.807, 2.05) is 18.2 Å². The van der Waals surface area contributed by atoms with Crippen molar-refractivity contribution in [1.82, 2.24) is 0 Å². The summed E-state index contributed by atoms with van der Waals surface area (Å²) in [7, 11) is 0. The van der Waals surface area contributed by atoms with Crippen LogP contribution in [0, 0.1) is 23.0 Å². The Morgan fingerprint density at radius 3 is 2.53 bits per heavy atom. The fourth-order valence-corrected chi connectivity index (χ4v) is 1.31. The van der Waals surface area contributed by atoms with Gasteiger partial charge in [0, 0.05) is 0 Å². The largest absolute Gasteiger partial charge is 0.388 e. The van der Waals surface area contributed by atoms with Gasteiger partial charge in [-0.2, -0.15) is 0 Å². The summed E-state index contributed by atoms with van der Waals surface area (Å²) in [5, 5.41) is 16.7. The molecule has 4 heteroatoms. The van der Waals surface area contributed by atoms with Crippen molar-refractivity contribution in [2.45, 2.75) is 6.42 Å². The van der Waals surface area contributed by atoms with E-state index in [1.165, 1.54) is 6.08 Å². The van der Waals surface area contributed by atoms with Crippen LogP contribution in [0.15, 0.2) is 60.9 Å². The van der Waals surface area contributed by atoms with Gasteiger partial charge in [-0.15, -0.1) is 10.5 Å². The molecule has 0 spiro atoms. The number of nitriles is 2. The number of allylic oxidation sites excluding steroid dienone is 4. The van der Waals surface area contributed by atoms with Gasteiger partial charge >= 0.3 is 0 Å². The van der Waals surface area contributed by atoms with E-state index in [1.54, 1.807) is 36.8 Å². The van der Waals surface area contributed by atoms with Crippen molar-refractivity contribution in [3.05, 3.63) is 66.5 Å². The predicted octanol–water partition coefficient (Wildman–Crippen LogP) is 3.21. The number of hydrogen-bond donors (Lipinski definition) is 0. The predicted molar refractivity (Wildman–Crippen MR) is 70.5 cm³/mol. The molecule has 0 aliphatic rings. The van der Waals surface area contributed by atoms with Gasteiger partial charge < -0.3 is 9.47 Å². The zero-order valence-electron chi connectivity index (χ0n) is 10.2. The first kappa shape index (κ1) is 14.1. The van der Waals surface area contributed by atoms with Crippen LogP contribution in [-0.2, 0) is 11.2 Å². The minimum absolute atomic E-state index is 0.400. The summed E-state index contributed by atoms with van der Waals surface area (Å²) in [6.07, 6.45) is 10.7. The summed E-state index contributed by atoms with van der Waals surface area (Å²) >= 11 is 0. The zero-order chi connectivity index (χ0) is 13.9. The van der Waals surface area contributed by atoms with Gasteiger partial charge in [0.2, 0.25) is 0 Å². The van der Waals surface area contributed by atoms with Gasteiger partial charge in [-0.25, -0.2) is 0 Å². The zero-order valence-corrected chi connectivity index (χ0v) is 10.2. The minimum Gasteiger partial charge on any atom is -0.388 e. The molecule has 0 N–H and O–H groups in total. The molecule has 4 nitrogen and oxygen atoms in total. The molecule has 0 atom stereocenters. The van der Waals surface area contributed by atoms with E-state index in [-0.39, 0.29) is 0 Å². The van der Waals surface area contributed by atoms with E-state index >= 15 is 0 Å². The van der Waals surface area contributed by atoms with E-state index in [4.69, 9.17) is 10.5 Å². The van der Waals surface area contributed by atoms with Gasteiger partial charge in [0.1, 0.15) is 11.5 Å². The van der Waals surface area contributed by atoms with Gasteiger partial charge in [-0.3, -0.25) is 0 Å². The summed E-state index contributed by atoms with van der Waals surface area (Å²) < 4.78 is 9.32. The molecule has 1 rings (SSSR count). The molecule has 19 heavy (non-hydrogen) atoms. The standard InChI is InChI=1S/C15H12N2O2/c1-2-14(18-11-16)6-4-3-5-13-7-9-15(10-8-13)19-12-17/h2-4,6-10H,1,5H2/b4-3+,14-6+. The van der Waals surface area contributed by atoms with Crippen molar-refractivity contribution < 1.29 is 9.47 Å². The third kappa shape index (κ3) is 5.25. The summed E-state index contributed by atoms with van der Waals surface area (Å²) in [4.78, 5) is 0. The second kappa shape index (κ2) is 8.16. The number of rotatable bonds is 6. The molecular weight excluding hydrogens is 240 g/mol. The highest BCUT2D eigenvalue weighted by molar-refractivity contribution is 5.29. The fourth-order valence-electron chi connectivity index (χ4n) is 1.31. The normalized spacial score (nSPS) is 10.5. The summed E-state index contributed by atoms with van der Waals surface area (Å²) in [5.74, 6) is 0.919. The topological polar surface area (TPSA) is 66.0 Å². The quantitative estimate of drug-likeness (QED) is 0.443. The highest BCUT2D eigenvalue weighted by Gasteiger charge is 1.93. The van der Waals surface area contributed by atoms with E-state index in [0.717, 1.165) is 12.0 Å². The van der Waals surface area contributed by atoms with Crippen LogP contribution in [0.4, 0.5) is 0 Å². The lowest BCUT2D eigenvalue weighted by Gasteiger charge is -1.98. The van der Waals surface area contributed by atoms with Gasteiger partial charge in [-0.05, 0) is 36.3 Å². The molecule has 94 valence electrons. The van der Waals surface area contributed by atoms with Gasteiger partial charge in [0.15, 0.2) is 0 Å². The maximum atomic E-state index is 8.35. The van der Waals surface area contributed by atoms with Crippen LogP contribution in [0.1, 0.15) is 5.56 Å². The monoisotopic (exact) mass is 252 g/mol. The first-order valence-electron chi connectivity index (χ1n) is 5.50. The van der Waals surface area contributed by atoms with Gasteiger partial charge in [-0.1, -0.05) is 30.9 Å². The van der Waals surface area contributed by atoms with Crippen LogP contribution in [0.5, 0.6) is 5.75 Å². The number of hydrogen-bond acceptors (Lipinski definition) is 4. The van der Waals surface area contributed by atoms with E-state index < -0.39 is 0 Å². The van der Waals surface area contributed by atoms with Crippen LogP contribution in [-0.4, -0.2) is 0 Å². The Labute approximate surface area is 112 Å². The van der Waals surface area contributed by atoms with E-state index in [9.17, 15) is 0 Å². The molecular formula is C15H12N2O2. The van der Waals surface area contributed by atoms with Gasteiger partial charge in [0.25, 0.3) is 12.5 Å². The molecule has 1 aromatic rings. The molecule has 0 saturated carbocycles. The number of ether oxygens (including phenoxy) is 2. The second-order valence-electron chi connectivity index (χ2n) is 3.44. The van der Waals surface area contributed by atoms with Crippen LogP contribution >= 0.6 is 0 Å². The fraction of sp³-hybridized carbons (Fsp3) is 0.0667. The first-order chi connectivity index (χ1) is 9.30. The van der Waals surface area contributed by atoms with Crippen molar-refractivity contribution in [2.75, 3.05) is 0 Å². The molecule has 0 aliphatic carbocycles. The lowest BCUT2D eigenvalue weighted by atomic mass is 10.1. The smallest absolute Gasteiger partial charge is 0.292 e. The van der Waals surface area contributed by atoms with Crippen molar-refractivity contribution in [1.29, 1.82) is 10.5 Å². The Morgan fingerprint density at radius 2 is 1.95 bits per heavy atom. The Balaban J connectivity index is 2.55. The molecule has 0 fully saturated rings. The highest BCUT2D eigenvalue weighted by Crippen LogP contribution is 2.12. The Hall–Kier alpha value is -2.98. The summed E-state index contributed by atoms with van der Waals surface area (Å²) in [6.45, 7) is 3.53. The lowest BCUT2D eigenvalue weighted by Crippen LogP contribution is -1.84. The Bertz CT molecular complexity index is 557. The third-order valence-electron chi connectivity index (χ3n) is 2.20. The summed E-state index contributed by atoms with van der Waals surface area (Å²) in [5.41, 5.74) is 1.08. The van der Waals surface area contributed by atoms with Gasteiger partial charge in [0.05, 0.1) is 0 Å². The van der Waals surface area contributed by atoms with E-state index in [0.29, 0.717) is 11.5 Å². The molecule has 0 aromatic heterocycles. The minimum atomic E-state index is 0.400. The van der Waals surface area contributed by atoms with Crippen molar-refractivity contribution in [3.8, 4) is 18.3 Å². The van der Waals surface area contributed by atoms with Crippen molar-refractivity contribution in [3.63, 3.8) is 0 Å². The lowest BCUT2D eigenvalue weighted by molar-refractivity contribution is 0.393. The first-order valence-corrected chi connectivity index (χ1v) is 5.50. The molecule has 0 aliphatic heterocycles.